The Hall–Kier alpha value is -2.60. The number of benzene rings is 3. The van der Waals surface area contributed by atoms with Gasteiger partial charge < -0.3 is 15.5 Å². The van der Waals surface area contributed by atoms with Crippen LogP contribution in [0.15, 0.2) is 60.7 Å². The van der Waals surface area contributed by atoms with Crippen LogP contribution >= 0.6 is 23.2 Å². The minimum atomic E-state index is -0.323. The van der Waals surface area contributed by atoms with E-state index in [-0.39, 0.29) is 29.8 Å². The molecular formula is C27H27Cl2N3O2. The van der Waals surface area contributed by atoms with Gasteiger partial charge in [-0.15, -0.1) is 0 Å². The summed E-state index contributed by atoms with van der Waals surface area (Å²) in [4.78, 5) is 28.8. The van der Waals surface area contributed by atoms with Crippen molar-refractivity contribution in [1.82, 2.24) is 15.5 Å². The van der Waals surface area contributed by atoms with Crippen LogP contribution in [0.2, 0.25) is 10.0 Å². The number of rotatable bonds is 6. The van der Waals surface area contributed by atoms with Crippen molar-refractivity contribution in [2.24, 2.45) is 5.92 Å². The molecule has 2 fully saturated rings. The van der Waals surface area contributed by atoms with E-state index in [9.17, 15) is 9.59 Å². The zero-order valence-corrected chi connectivity index (χ0v) is 20.3. The lowest BCUT2D eigenvalue weighted by molar-refractivity contribution is -0.138. The van der Waals surface area contributed by atoms with Crippen LogP contribution < -0.4 is 10.6 Å². The summed E-state index contributed by atoms with van der Waals surface area (Å²) >= 11 is 12.1. The van der Waals surface area contributed by atoms with Crippen LogP contribution in [0.3, 0.4) is 0 Å². The minimum absolute atomic E-state index is 0.0991. The Morgan fingerprint density at radius 2 is 1.76 bits per heavy atom. The second kappa shape index (κ2) is 9.95. The number of nitrogens with one attached hydrogen (secondary N) is 2. The second-order valence-corrected chi connectivity index (χ2v) is 9.96. The number of hydrogen-bond donors (Lipinski definition) is 2. The first-order valence-corrected chi connectivity index (χ1v) is 12.5. The predicted molar refractivity (Wildman–Crippen MR) is 136 cm³/mol. The standard InChI is InChI=1S/C27H27Cl2N3O2/c28-23-11-8-18(14-24(23)29)26(33)31-25-12-13-30-15-22(25)27(34)32(20-9-10-20)16-19-6-3-5-17-4-1-2-7-21(17)19/h1-8,11,14,20,22,25,30H,9-10,12-13,15-16H2,(H,31,33). The van der Waals surface area contributed by atoms with E-state index in [2.05, 4.69) is 41.0 Å². The highest BCUT2D eigenvalue weighted by atomic mass is 35.5. The summed E-state index contributed by atoms with van der Waals surface area (Å²) in [7, 11) is 0. The Kier molecular flexibility index (Phi) is 6.77. The van der Waals surface area contributed by atoms with E-state index >= 15 is 0 Å². The molecule has 0 spiro atoms. The molecule has 2 amide bonds. The largest absolute Gasteiger partial charge is 0.348 e. The van der Waals surface area contributed by atoms with Gasteiger partial charge in [0.15, 0.2) is 0 Å². The van der Waals surface area contributed by atoms with Crippen molar-refractivity contribution in [2.75, 3.05) is 13.1 Å². The second-order valence-electron chi connectivity index (χ2n) is 9.14. The molecule has 0 radical (unpaired) electrons. The molecule has 3 aromatic carbocycles. The minimum Gasteiger partial charge on any atom is -0.348 e. The fourth-order valence-electron chi connectivity index (χ4n) is 4.78. The van der Waals surface area contributed by atoms with Crippen LogP contribution in [0.5, 0.6) is 0 Å². The average Bonchev–Trinajstić information content (AvgIpc) is 3.69. The van der Waals surface area contributed by atoms with Crippen LogP contribution in [0.1, 0.15) is 35.2 Å². The molecule has 1 saturated heterocycles. The van der Waals surface area contributed by atoms with E-state index in [4.69, 9.17) is 23.2 Å². The highest BCUT2D eigenvalue weighted by Gasteiger charge is 2.40. The van der Waals surface area contributed by atoms with E-state index in [0.717, 1.165) is 24.9 Å². The smallest absolute Gasteiger partial charge is 0.251 e. The summed E-state index contributed by atoms with van der Waals surface area (Å²) < 4.78 is 0. The van der Waals surface area contributed by atoms with Crippen LogP contribution in [0, 0.1) is 5.92 Å². The maximum absolute atomic E-state index is 13.8. The van der Waals surface area contributed by atoms with E-state index in [1.807, 2.05) is 17.0 Å². The van der Waals surface area contributed by atoms with Crippen LogP contribution in [-0.4, -0.2) is 41.9 Å². The quantitative estimate of drug-likeness (QED) is 0.503. The number of fused-ring (bicyclic) bond motifs is 1. The van der Waals surface area contributed by atoms with Gasteiger partial charge in [0, 0.05) is 30.7 Å². The molecule has 2 atom stereocenters. The number of carbonyl (C=O) groups is 2. The summed E-state index contributed by atoms with van der Waals surface area (Å²) in [6.45, 7) is 1.88. The van der Waals surface area contributed by atoms with Gasteiger partial charge in [-0.05, 0) is 60.3 Å². The predicted octanol–water partition coefficient (Wildman–Crippen LogP) is 5.05. The highest BCUT2D eigenvalue weighted by Crippen LogP contribution is 2.32. The van der Waals surface area contributed by atoms with Crippen molar-refractivity contribution in [1.29, 1.82) is 0 Å². The molecule has 1 aliphatic carbocycles. The Morgan fingerprint density at radius 3 is 2.56 bits per heavy atom. The zero-order chi connectivity index (χ0) is 23.7. The third-order valence-electron chi connectivity index (χ3n) is 6.79. The molecule has 7 heteroatoms. The van der Waals surface area contributed by atoms with Gasteiger partial charge in [-0.1, -0.05) is 65.7 Å². The van der Waals surface area contributed by atoms with Crippen molar-refractivity contribution in [3.63, 3.8) is 0 Å². The van der Waals surface area contributed by atoms with Crippen molar-refractivity contribution < 1.29 is 9.59 Å². The molecule has 2 aliphatic rings. The first-order chi connectivity index (χ1) is 16.5. The maximum atomic E-state index is 13.8. The third kappa shape index (κ3) is 4.92. The molecular weight excluding hydrogens is 469 g/mol. The molecule has 2 unspecified atom stereocenters. The molecule has 0 aromatic heterocycles. The lowest BCUT2D eigenvalue weighted by Crippen LogP contribution is -2.55. The molecule has 3 aromatic rings. The summed E-state index contributed by atoms with van der Waals surface area (Å²) in [5.74, 6) is -0.464. The zero-order valence-electron chi connectivity index (χ0n) is 18.8. The Morgan fingerprint density at radius 1 is 0.971 bits per heavy atom. The Balaban J connectivity index is 1.35. The Bertz CT molecular complexity index is 1220. The number of halogens is 2. The average molecular weight is 496 g/mol. The van der Waals surface area contributed by atoms with Gasteiger partial charge in [0.05, 0.1) is 16.0 Å². The summed E-state index contributed by atoms with van der Waals surface area (Å²) in [5, 5.41) is 9.53. The first-order valence-electron chi connectivity index (χ1n) is 11.7. The highest BCUT2D eigenvalue weighted by molar-refractivity contribution is 6.42. The van der Waals surface area contributed by atoms with Gasteiger partial charge in [-0.3, -0.25) is 9.59 Å². The molecule has 176 valence electrons. The lowest BCUT2D eigenvalue weighted by Gasteiger charge is -2.36. The molecule has 1 saturated carbocycles. The molecule has 34 heavy (non-hydrogen) atoms. The van der Waals surface area contributed by atoms with Gasteiger partial charge in [-0.25, -0.2) is 0 Å². The van der Waals surface area contributed by atoms with Crippen molar-refractivity contribution in [2.45, 2.75) is 37.9 Å². The molecule has 5 rings (SSSR count). The van der Waals surface area contributed by atoms with Crippen molar-refractivity contribution >= 4 is 45.8 Å². The fraction of sp³-hybridized carbons (Fsp3) is 0.333. The molecule has 2 N–H and O–H groups in total. The van der Waals surface area contributed by atoms with Gasteiger partial charge in [0.1, 0.15) is 0 Å². The van der Waals surface area contributed by atoms with Crippen LogP contribution in [-0.2, 0) is 11.3 Å². The van der Waals surface area contributed by atoms with Crippen molar-refractivity contribution in [3.8, 4) is 0 Å². The third-order valence-corrected chi connectivity index (χ3v) is 7.53. The van der Waals surface area contributed by atoms with E-state index in [1.165, 1.54) is 10.8 Å². The first kappa shape index (κ1) is 23.2. The van der Waals surface area contributed by atoms with E-state index in [0.29, 0.717) is 35.1 Å². The SMILES string of the molecule is O=C(NC1CCNCC1C(=O)N(Cc1cccc2ccccc12)C1CC1)c1ccc(Cl)c(Cl)c1. The van der Waals surface area contributed by atoms with E-state index in [1.54, 1.807) is 18.2 Å². The summed E-state index contributed by atoms with van der Waals surface area (Å²) in [6.07, 6.45) is 2.74. The molecule has 1 heterocycles. The summed E-state index contributed by atoms with van der Waals surface area (Å²) in [6, 6.07) is 19.4. The van der Waals surface area contributed by atoms with Gasteiger partial charge in [-0.2, -0.15) is 0 Å². The van der Waals surface area contributed by atoms with Crippen molar-refractivity contribution in [3.05, 3.63) is 81.8 Å². The van der Waals surface area contributed by atoms with Gasteiger partial charge in [0.2, 0.25) is 5.91 Å². The number of nitrogens with zero attached hydrogens (tertiary/aromatic N) is 1. The number of piperidine rings is 1. The maximum Gasteiger partial charge on any atom is 0.251 e. The molecule has 5 nitrogen and oxygen atoms in total. The normalized spacial score (nSPS) is 20.2. The van der Waals surface area contributed by atoms with Gasteiger partial charge >= 0.3 is 0 Å². The van der Waals surface area contributed by atoms with E-state index < -0.39 is 0 Å². The fourth-order valence-corrected chi connectivity index (χ4v) is 5.08. The van der Waals surface area contributed by atoms with Gasteiger partial charge in [0.25, 0.3) is 5.91 Å². The van der Waals surface area contributed by atoms with Crippen LogP contribution in [0.4, 0.5) is 0 Å². The Labute approximate surface area is 209 Å². The molecule has 1 aliphatic heterocycles. The monoisotopic (exact) mass is 495 g/mol. The van der Waals surface area contributed by atoms with Crippen LogP contribution in [0.25, 0.3) is 10.8 Å². The number of carbonyl (C=O) groups excluding carboxylic acids is 2. The lowest BCUT2D eigenvalue weighted by atomic mass is 9.91. The molecule has 0 bridgehead atoms. The number of hydrogen-bond acceptors (Lipinski definition) is 3. The summed E-state index contributed by atoms with van der Waals surface area (Å²) in [5.41, 5.74) is 1.59. The number of amides is 2. The topological polar surface area (TPSA) is 61.4 Å².